The Balaban J connectivity index is 2.18. The molecule has 1 heterocycles. The van der Waals surface area contributed by atoms with Crippen LogP contribution in [0.25, 0.3) is 0 Å². The largest absolute Gasteiger partial charge is 0.313 e. The lowest BCUT2D eigenvalue weighted by Crippen LogP contribution is -2.21. The molecule has 0 bridgehead atoms. The Hall–Kier alpha value is -0.930. The van der Waals surface area contributed by atoms with E-state index in [0.717, 1.165) is 19.6 Å². The van der Waals surface area contributed by atoms with E-state index in [0.29, 0.717) is 0 Å². The predicted octanol–water partition coefficient (Wildman–Crippen LogP) is 1.43. The number of nitrogens with one attached hydrogen (secondary N) is 1. The second kappa shape index (κ2) is 6.53. The molecule has 0 fully saturated rings. The van der Waals surface area contributed by atoms with Crippen LogP contribution in [0.1, 0.15) is 17.5 Å². The van der Waals surface area contributed by atoms with Crippen LogP contribution in [0, 0.1) is 6.92 Å². The molecule has 3 nitrogen and oxygen atoms in total. The monoisotopic (exact) mass is 207 g/mol. The zero-order valence-corrected chi connectivity index (χ0v) is 9.95. The molecule has 0 saturated carbocycles. The molecule has 0 radical (unpaired) electrons. The van der Waals surface area contributed by atoms with Crippen molar-refractivity contribution in [1.82, 2.24) is 15.2 Å². The van der Waals surface area contributed by atoms with Crippen LogP contribution in [0.15, 0.2) is 18.5 Å². The topological polar surface area (TPSA) is 28.2 Å². The van der Waals surface area contributed by atoms with Gasteiger partial charge in [-0.1, -0.05) is 0 Å². The Labute approximate surface area is 92.5 Å². The van der Waals surface area contributed by atoms with Crippen LogP contribution in [-0.2, 0) is 6.54 Å². The van der Waals surface area contributed by atoms with Gasteiger partial charge in [-0.15, -0.1) is 0 Å². The molecule has 0 aliphatic rings. The summed E-state index contributed by atoms with van der Waals surface area (Å²) in [6, 6.07) is 2.08. The maximum Gasteiger partial charge on any atom is 0.0300 e. The van der Waals surface area contributed by atoms with Gasteiger partial charge >= 0.3 is 0 Å². The summed E-state index contributed by atoms with van der Waals surface area (Å²) in [7, 11) is 4.21. The van der Waals surface area contributed by atoms with Crippen LogP contribution < -0.4 is 5.32 Å². The number of rotatable bonds is 6. The Morgan fingerprint density at radius 2 is 2.20 bits per heavy atom. The van der Waals surface area contributed by atoms with Gasteiger partial charge in [0.2, 0.25) is 0 Å². The van der Waals surface area contributed by atoms with Gasteiger partial charge in [0, 0.05) is 18.9 Å². The molecule has 1 aromatic heterocycles. The SMILES string of the molecule is Cc1cnccc1CNCCCN(C)C. The molecule has 84 valence electrons. The molecule has 15 heavy (non-hydrogen) atoms. The van der Waals surface area contributed by atoms with Crippen LogP contribution in [0.3, 0.4) is 0 Å². The fourth-order valence-corrected chi connectivity index (χ4v) is 1.44. The molecule has 0 atom stereocenters. The molecule has 0 saturated heterocycles. The van der Waals surface area contributed by atoms with E-state index in [4.69, 9.17) is 0 Å². The second-order valence-electron chi connectivity index (χ2n) is 4.14. The van der Waals surface area contributed by atoms with Crippen molar-refractivity contribution in [2.75, 3.05) is 27.2 Å². The summed E-state index contributed by atoms with van der Waals surface area (Å²) in [4.78, 5) is 6.29. The van der Waals surface area contributed by atoms with Gasteiger partial charge in [-0.25, -0.2) is 0 Å². The summed E-state index contributed by atoms with van der Waals surface area (Å²) in [5.74, 6) is 0. The van der Waals surface area contributed by atoms with E-state index in [2.05, 4.69) is 42.3 Å². The summed E-state index contributed by atoms with van der Waals surface area (Å²) in [5, 5.41) is 3.44. The van der Waals surface area contributed by atoms with Crippen molar-refractivity contribution in [3.63, 3.8) is 0 Å². The molecule has 1 N–H and O–H groups in total. The van der Waals surface area contributed by atoms with Crippen molar-refractivity contribution >= 4 is 0 Å². The maximum absolute atomic E-state index is 4.08. The van der Waals surface area contributed by atoms with E-state index in [1.165, 1.54) is 17.5 Å². The van der Waals surface area contributed by atoms with Crippen LogP contribution in [0.2, 0.25) is 0 Å². The summed E-state index contributed by atoms with van der Waals surface area (Å²) >= 11 is 0. The van der Waals surface area contributed by atoms with Crippen LogP contribution in [0.4, 0.5) is 0 Å². The van der Waals surface area contributed by atoms with Gasteiger partial charge in [0.1, 0.15) is 0 Å². The van der Waals surface area contributed by atoms with Crippen LogP contribution >= 0.6 is 0 Å². The van der Waals surface area contributed by atoms with E-state index >= 15 is 0 Å². The molecule has 3 heteroatoms. The van der Waals surface area contributed by atoms with Gasteiger partial charge in [0.15, 0.2) is 0 Å². The van der Waals surface area contributed by atoms with Gasteiger partial charge in [-0.3, -0.25) is 4.98 Å². The van der Waals surface area contributed by atoms with Crippen molar-refractivity contribution in [2.45, 2.75) is 19.9 Å². The van der Waals surface area contributed by atoms with Gasteiger partial charge in [0.05, 0.1) is 0 Å². The number of aromatic nitrogens is 1. The Morgan fingerprint density at radius 1 is 1.40 bits per heavy atom. The molecular formula is C12H21N3. The minimum Gasteiger partial charge on any atom is -0.313 e. The molecular weight excluding hydrogens is 186 g/mol. The van der Waals surface area contributed by atoms with E-state index in [9.17, 15) is 0 Å². The lowest BCUT2D eigenvalue weighted by atomic mass is 10.1. The third kappa shape index (κ3) is 4.91. The highest BCUT2D eigenvalue weighted by atomic mass is 15.0. The number of hydrogen-bond acceptors (Lipinski definition) is 3. The fraction of sp³-hybridized carbons (Fsp3) is 0.583. The number of aryl methyl sites for hydroxylation is 1. The molecule has 1 rings (SSSR count). The van der Waals surface area contributed by atoms with Crippen molar-refractivity contribution in [3.8, 4) is 0 Å². The minimum absolute atomic E-state index is 0.946. The molecule has 1 aromatic rings. The normalized spacial score (nSPS) is 10.9. The predicted molar refractivity (Wildman–Crippen MR) is 63.9 cm³/mol. The third-order valence-electron chi connectivity index (χ3n) is 2.41. The first-order chi connectivity index (χ1) is 7.20. The average molecular weight is 207 g/mol. The van der Waals surface area contributed by atoms with E-state index in [1.807, 2.05) is 12.4 Å². The zero-order valence-electron chi connectivity index (χ0n) is 9.95. The van der Waals surface area contributed by atoms with Crippen LogP contribution in [-0.4, -0.2) is 37.1 Å². The second-order valence-corrected chi connectivity index (χ2v) is 4.14. The van der Waals surface area contributed by atoms with E-state index < -0.39 is 0 Å². The minimum atomic E-state index is 0.946. The Kier molecular flexibility index (Phi) is 5.29. The quantitative estimate of drug-likeness (QED) is 0.715. The van der Waals surface area contributed by atoms with Crippen molar-refractivity contribution in [1.29, 1.82) is 0 Å². The molecule has 0 amide bonds. The van der Waals surface area contributed by atoms with Gasteiger partial charge < -0.3 is 10.2 Å². The lowest BCUT2D eigenvalue weighted by Gasteiger charge is -2.10. The van der Waals surface area contributed by atoms with Gasteiger partial charge in [-0.2, -0.15) is 0 Å². The Morgan fingerprint density at radius 3 is 2.87 bits per heavy atom. The number of nitrogens with zero attached hydrogens (tertiary/aromatic N) is 2. The molecule has 0 unspecified atom stereocenters. The average Bonchev–Trinajstić information content (AvgIpc) is 2.20. The first-order valence-electron chi connectivity index (χ1n) is 5.45. The maximum atomic E-state index is 4.08. The molecule has 0 aliphatic carbocycles. The van der Waals surface area contributed by atoms with E-state index in [1.54, 1.807) is 0 Å². The summed E-state index contributed by atoms with van der Waals surface area (Å²) in [6.45, 7) is 5.26. The first-order valence-corrected chi connectivity index (χ1v) is 5.45. The summed E-state index contributed by atoms with van der Waals surface area (Å²) < 4.78 is 0. The molecule has 0 spiro atoms. The summed E-state index contributed by atoms with van der Waals surface area (Å²) in [5.41, 5.74) is 2.60. The van der Waals surface area contributed by atoms with Gasteiger partial charge in [-0.05, 0) is 57.7 Å². The van der Waals surface area contributed by atoms with Gasteiger partial charge in [0.25, 0.3) is 0 Å². The zero-order chi connectivity index (χ0) is 11.1. The van der Waals surface area contributed by atoms with Crippen LogP contribution in [0.5, 0.6) is 0 Å². The van der Waals surface area contributed by atoms with Crippen molar-refractivity contribution in [2.24, 2.45) is 0 Å². The number of hydrogen-bond donors (Lipinski definition) is 1. The van der Waals surface area contributed by atoms with Crippen molar-refractivity contribution in [3.05, 3.63) is 29.6 Å². The fourth-order valence-electron chi connectivity index (χ4n) is 1.44. The standard InChI is InChI=1S/C12H21N3/c1-11-9-14-7-5-12(11)10-13-6-4-8-15(2)3/h5,7,9,13H,4,6,8,10H2,1-3H3. The summed E-state index contributed by atoms with van der Waals surface area (Å²) in [6.07, 6.45) is 4.96. The Bertz CT molecular complexity index is 284. The highest BCUT2D eigenvalue weighted by molar-refractivity contribution is 5.20. The first kappa shape index (κ1) is 12.1. The smallest absolute Gasteiger partial charge is 0.0300 e. The number of pyridine rings is 1. The highest BCUT2D eigenvalue weighted by Crippen LogP contribution is 2.03. The lowest BCUT2D eigenvalue weighted by molar-refractivity contribution is 0.394. The molecule has 0 aliphatic heterocycles. The van der Waals surface area contributed by atoms with Crippen molar-refractivity contribution < 1.29 is 0 Å². The van der Waals surface area contributed by atoms with E-state index in [-0.39, 0.29) is 0 Å². The third-order valence-corrected chi connectivity index (χ3v) is 2.41. The highest BCUT2D eigenvalue weighted by Gasteiger charge is 1.96. The molecule has 0 aromatic carbocycles.